The normalized spacial score (nSPS) is 15.3. The van der Waals surface area contributed by atoms with Crippen molar-refractivity contribution in [3.05, 3.63) is 11.9 Å². The molecular formula is C10H14N2O2. The highest BCUT2D eigenvalue weighted by Gasteiger charge is 2.27. The van der Waals surface area contributed by atoms with Crippen LogP contribution in [0.3, 0.4) is 0 Å². The molecule has 1 heterocycles. The van der Waals surface area contributed by atoms with Gasteiger partial charge in [0, 0.05) is 5.92 Å². The fourth-order valence-electron chi connectivity index (χ4n) is 1.27. The van der Waals surface area contributed by atoms with Crippen molar-refractivity contribution in [2.75, 3.05) is 13.7 Å². The molecule has 4 heteroatoms. The second-order valence-electron chi connectivity index (χ2n) is 3.31. The molecule has 0 radical (unpaired) electrons. The Bertz CT molecular complexity index is 324. The highest BCUT2D eigenvalue weighted by atomic mass is 16.5. The smallest absolute Gasteiger partial charge is 0.220 e. The predicted octanol–water partition coefficient (Wildman–Crippen LogP) is 1.76. The molecule has 4 nitrogen and oxygen atoms in total. The quantitative estimate of drug-likeness (QED) is 0.732. The van der Waals surface area contributed by atoms with Crippen LogP contribution >= 0.6 is 0 Å². The van der Waals surface area contributed by atoms with Crippen LogP contribution in [0.2, 0.25) is 0 Å². The highest BCUT2D eigenvalue weighted by Crippen LogP contribution is 2.39. The summed E-state index contributed by atoms with van der Waals surface area (Å²) < 4.78 is 10.4. The number of rotatable bonds is 4. The summed E-state index contributed by atoms with van der Waals surface area (Å²) in [6.07, 6.45) is 2.36. The van der Waals surface area contributed by atoms with Gasteiger partial charge in [-0.3, -0.25) is 0 Å². The van der Waals surface area contributed by atoms with E-state index in [0.717, 1.165) is 5.82 Å². The van der Waals surface area contributed by atoms with Gasteiger partial charge in [0.1, 0.15) is 5.82 Å². The monoisotopic (exact) mass is 194 g/mol. The lowest BCUT2D eigenvalue weighted by Crippen LogP contribution is -2.01. The Morgan fingerprint density at radius 1 is 1.36 bits per heavy atom. The average molecular weight is 194 g/mol. The van der Waals surface area contributed by atoms with Gasteiger partial charge in [-0.2, -0.15) is 9.97 Å². The molecular weight excluding hydrogens is 180 g/mol. The second kappa shape index (κ2) is 3.82. The molecule has 0 atom stereocenters. The molecule has 1 saturated carbocycles. The van der Waals surface area contributed by atoms with Gasteiger partial charge < -0.3 is 9.47 Å². The first kappa shape index (κ1) is 9.24. The summed E-state index contributed by atoms with van der Waals surface area (Å²) in [7, 11) is 1.61. The van der Waals surface area contributed by atoms with Gasteiger partial charge in [0.15, 0.2) is 0 Å². The minimum Gasteiger partial charge on any atom is -0.481 e. The Hall–Kier alpha value is -1.32. The molecule has 14 heavy (non-hydrogen) atoms. The molecule has 2 rings (SSSR count). The Balaban J connectivity index is 2.26. The van der Waals surface area contributed by atoms with Gasteiger partial charge in [-0.05, 0) is 19.8 Å². The van der Waals surface area contributed by atoms with E-state index in [0.29, 0.717) is 24.3 Å². The standard InChI is InChI=1S/C10H14N2O2/c1-3-14-9-6-8(13-2)11-10(12-9)7-4-5-7/h6-7H,3-5H2,1-2H3. The van der Waals surface area contributed by atoms with E-state index in [-0.39, 0.29) is 0 Å². The fraction of sp³-hybridized carbons (Fsp3) is 0.600. The third kappa shape index (κ3) is 1.95. The largest absolute Gasteiger partial charge is 0.481 e. The average Bonchev–Trinajstić information content (AvgIpc) is 3.01. The Kier molecular flexibility index (Phi) is 2.52. The molecule has 0 aromatic carbocycles. The van der Waals surface area contributed by atoms with Gasteiger partial charge >= 0.3 is 0 Å². The van der Waals surface area contributed by atoms with Gasteiger partial charge in [0.25, 0.3) is 0 Å². The number of nitrogens with zero attached hydrogens (tertiary/aromatic N) is 2. The van der Waals surface area contributed by atoms with Crippen molar-refractivity contribution in [1.29, 1.82) is 0 Å². The summed E-state index contributed by atoms with van der Waals surface area (Å²) in [5, 5.41) is 0. The molecule has 1 aromatic heterocycles. The van der Waals surface area contributed by atoms with Crippen molar-refractivity contribution in [1.82, 2.24) is 9.97 Å². The van der Waals surface area contributed by atoms with Crippen LogP contribution in [0.4, 0.5) is 0 Å². The molecule has 0 saturated heterocycles. The van der Waals surface area contributed by atoms with Crippen molar-refractivity contribution in [2.45, 2.75) is 25.7 Å². The van der Waals surface area contributed by atoms with E-state index in [4.69, 9.17) is 9.47 Å². The number of methoxy groups -OCH3 is 1. The summed E-state index contributed by atoms with van der Waals surface area (Å²) >= 11 is 0. The van der Waals surface area contributed by atoms with Crippen LogP contribution in [0, 0.1) is 0 Å². The molecule has 0 aliphatic heterocycles. The maximum absolute atomic E-state index is 5.34. The van der Waals surface area contributed by atoms with E-state index in [1.54, 1.807) is 13.2 Å². The van der Waals surface area contributed by atoms with Crippen molar-refractivity contribution in [3.8, 4) is 11.8 Å². The van der Waals surface area contributed by atoms with Crippen LogP contribution in [0.15, 0.2) is 6.07 Å². The molecule has 0 amide bonds. The van der Waals surface area contributed by atoms with Crippen molar-refractivity contribution in [2.24, 2.45) is 0 Å². The maximum Gasteiger partial charge on any atom is 0.220 e. The summed E-state index contributed by atoms with van der Waals surface area (Å²) in [5.74, 6) is 2.57. The molecule has 0 bridgehead atoms. The lowest BCUT2D eigenvalue weighted by molar-refractivity contribution is 0.318. The Morgan fingerprint density at radius 3 is 2.64 bits per heavy atom. The Morgan fingerprint density at radius 2 is 2.07 bits per heavy atom. The second-order valence-corrected chi connectivity index (χ2v) is 3.31. The molecule has 0 N–H and O–H groups in total. The predicted molar refractivity (Wildman–Crippen MR) is 51.7 cm³/mol. The molecule has 0 spiro atoms. The van der Waals surface area contributed by atoms with Crippen LogP contribution in [-0.4, -0.2) is 23.7 Å². The van der Waals surface area contributed by atoms with Gasteiger partial charge in [0.05, 0.1) is 19.8 Å². The minimum atomic E-state index is 0.518. The number of ether oxygens (including phenoxy) is 2. The van der Waals surface area contributed by atoms with Crippen molar-refractivity contribution >= 4 is 0 Å². The number of aromatic nitrogens is 2. The van der Waals surface area contributed by atoms with Crippen LogP contribution < -0.4 is 9.47 Å². The van der Waals surface area contributed by atoms with E-state index < -0.39 is 0 Å². The van der Waals surface area contributed by atoms with E-state index in [1.807, 2.05) is 6.92 Å². The van der Waals surface area contributed by atoms with Gasteiger partial charge in [0.2, 0.25) is 11.8 Å². The first-order valence-corrected chi connectivity index (χ1v) is 4.89. The van der Waals surface area contributed by atoms with Crippen molar-refractivity contribution in [3.63, 3.8) is 0 Å². The first-order chi connectivity index (χ1) is 6.83. The topological polar surface area (TPSA) is 44.2 Å². The third-order valence-electron chi connectivity index (χ3n) is 2.14. The van der Waals surface area contributed by atoms with E-state index >= 15 is 0 Å². The summed E-state index contributed by atoms with van der Waals surface area (Å²) in [4.78, 5) is 8.60. The first-order valence-electron chi connectivity index (χ1n) is 4.89. The SMILES string of the molecule is CCOc1cc(OC)nc(C2CC2)n1. The molecule has 1 fully saturated rings. The van der Waals surface area contributed by atoms with Gasteiger partial charge in [-0.25, -0.2) is 0 Å². The zero-order valence-corrected chi connectivity index (χ0v) is 8.49. The number of hydrogen-bond donors (Lipinski definition) is 0. The fourth-order valence-corrected chi connectivity index (χ4v) is 1.27. The summed E-state index contributed by atoms with van der Waals surface area (Å²) in [5.41, 5.74) is 0. The van der Waals surface area contributed by atoms with Gasteiger partial charge in [-0.1, -0.05) is 0 Å². The van der Waals surface area contributed by atoms with Gasteiger partial charge in [-0.15, -0.1) is 0 Å². The minimum absolute atomic E-state index is 0.518. The lowest BCUT2D eigenvalue weighted by Gasteiger charge is -2.06. The van der Waals surface area contributed by atoms with E-state index in [9.17, 15) is 0 Å². The highest BCUT2D eigenvalue weighted by molar-refractivity contribution is 5.23. The zero-order chi connectivity index (χ0) is 9.97. The van der Waals surface area contributed by atoms with Crippen LogP contribution in [0.1, 0.15) is 31.5 Å². The maximum atomic E-state index is 5.34. The molecule has 1 aliphatic rings. The van der Waals surface area contributed by atoms with Crippen LogP contribution in [-0.2, 0) is 0 Å². The molecule has 0 unspecified atom stereocenters. The van der Waals surface area contributed by atoms with E-state index in [1.165, 1.54) is 12.8 Å². The van der Waals surface area contributed by atoms with Crippen LogP contribution in [0.25, 0.3) is 0 Å². The molecule has 76 valence electrons. The Labute approximate surface area is 83.3 Å². The van der Waals surface area contributed by atoms with E-state index in [2.05, 4.69) is 9.97 Å². The third-order valence-corrected chi connectivity index (χ3v) is 2.14. The number of hydrogen-bond acceptors (Lipinski definition) is 4. The van der Waals surface area contributed by atoms with Crippen molar-refractivity contribution < 1.29 is 9.47 Å². The summed E-state index contributed by atoms with van der Waals surface area (Å²) in [6, 6.07) is 1.72. The zero-order valence-electron chi connectivity index (χ0n) is 8.49. The lowest BCUT2D eigenvalue weighted by atomic mass is 10.4. The van der Waals surface area contributed by atoms with Crippen LogP contribution in [0.5, 0.6) is 11.8 Å². The summed E-state index contributed by atoms with van der Waals surface area (Å²) in [6.45, 7) is 2.55. The molecule has 1 aliphatic carbocycles. The molecule has 1 aromatic rings.